The van der Waals surface area contributed by atoms with Crippen LogP contribution in [0, 0.1) is 0 Å². The van der Waals surface area contributed by atoms with Crippen molar-refractivity contribution in [3.8, 4) is 0 Å². The molecule has 0 aromatic heterocycles. The molecule has 0 amide bonds. The highest BCUT2D eigenvalue weighted by Gasteiger charge is 2.06. The molecular formula is C10H14N2O2. The van der Waals surface area contributed by atoms with Gasteiger partial charge in [-0.2, -0.15) is 5.10 Å². The Morgan fingerprint density at radius 1 is 1.29 bits per heavy atom. The van der Waals surface area contributed by atoms with Gasteiger partial charge in [-0.1, -0.05) is 18.2 Å². The van der Waals surface area contributed by atoms with Crippen molar-refractivity contribution in [2.24, 2.45) is 5.10 Å². The molecule has 0 spiro atoms. The second-order valence-electron chi connectivity index (χ2n) is 2.99. The van der Waals surface area contributed by atoms with Gasteiger partial charge in [0.2, 0.25) is 0 Å². The van der Waals surface area contributed by atoms with Crippen LogP contribution in [0.3, 0.4) is 0 Å². The van der Waals surface area contributed by atoms with E-state index in [0.29, 0.717) is 0 Å². The van der Waals surface area contributed by atoms with Crippen LogP contribution in [-0.2, 0) is 0 Å². The molecule has 3 N–H and O–H groups in total. The molecule has 2 atom stereocenters. The lowest BCUT2D eigenvalue weighted by atomic mass is 10.2. The van der Waals surface area contributed by atoms with E-state index in [9.17, 15) is 0 Å². The average Bonchev–Trinajstić information content (AvgIpc) is 2.19. The summed E-state index contributed by atoms with van der Waals surface area (Å²) in [6.07, 6.45) is -0.486. The predicted molar refractivity (Wildman–Crippen MR) is 56.2 cm³/mol. The van der Waals surface area contributed by atoms with Crippen molar-refractivity contribution in [2.75, 3.05) is 5.43 Å². The molecule has 0 unspecified atom stereocenters. The second-order valence-corrected chi connectivity index (χ2v) is 2.99. The first-order chi connectivity index (χ1) is 6.70. The molecule has 4 nitrogen and oxygen atoms in total. The van der Waals surface area contributed by atoms with E-state index in [0.717, 1.165) is 5.69 Å². The Morgan fingerprint density at radius 2 is 1.93 bits per heavy atom. The van der Waals surface area contributed by atoms with Gasteiger partial charge in [0.25, 0.3) is 0 Å². The fraction of sp³-hybridized carbons (Fsp3) is 0.300. The standard InChI is InChI=1S/C10H14N2O2/c1-8(13)10(14)7-11-12-9-5-3-2-4-6-9/h2-8,10,12-14H,1H3/b11-7+/t8-,10-/m0/s1. The van der Waals surface area contributed by atoms with Gasteiger partial charge in [-0.25, -0.2) is 0 Å². The molecule has 0 aliphatic rings. The van der Waals surface area contributed by atoms with E-state index in [1.54, 1.807) is 0 Å². The molecule has 0 fully saturated rings. The zero-order valence-electron chi connectivity index (χ0n) is 7.96. The van der Waals surface area contributed by atoms with E-state index < -0.39 is 12.2 Å². The molecule has 0 heterocycles. The van der Waals surface area contributed by atoms with Crippen molar-refractivity contribution in [2.45, 2.75) is 19.1 Å². The van der Waals surface area contributed by atoms with Crippen molar-refractivity contribution in [3.05, 3.63) is 30.3 Å². The molecule has 0 aliphatic heterocycles. The summed E-state index contributed by atoms with van der Waals surface area (Å²) in [7, 11) is 0. The van der Waals surface area contributed by atoms with Crippen molar-refractivity contribution < 1.29 is 10.2 Å². The quantitative estimate of drug-likeness (QED) is 0.491. The number of aliphatic hydroxyl groups is 2. The molecule has 0 bridgehead atoms. The summed E-state index contributed by atoms with van der Waals surface area (Å²) in [6, 6.07) is 9.36. The molecule has 4 heteroatoms. The third kappa shape index (κ3) is 3.55. The van der Waals surface area contributed by atoms with Crippen molar-refractivity contribution >= 4 is 11.9 Å². The van der Waals surface area contributed by atoms with Crippen LogP contribution in [-0.4, -0.2) is 28.6 Å². The Hall–Kier alpha value is -1.39. The van der Waals surface area contributed by atoms with Crippen LogP contribution in [0.4, 0.5) is 5.69 Å². The number of nitrogens with zero attached hydrogens (tertiary/aromatic N) is 1. The van der Waals surface area contributed by atoms with Gasteiger partial charge < -0.3 is 10.2 Å². The fourth-order valence-corrected chi connectivity index (χ4v) is 0.825. The van der Waals surface area contributed by atoms with Gasteiger partial charge in [0.15, 0.2) is 0 Å². The van der Waals surface area contributed by atoms with Crippen molar-refractivity contribution in [3.63, 3.8) is 0 Å². The fourth-order valence-electron chi connectivity index (χ4n) is 0.825. The van der Waals surface area contributed by atoms with Crippen LogP contribution in [0.2, 0.25) is 0 Å². The van der Waals surface area contributed by atoms with E-state index in [1.807, 2.05) is 30.3 Å². The third-order valence-corrected chi connectivity index (χ3v) is 1.69. The number of benzene rings is 1. The molecular weight excluding hydrogens is 180 g/mol. The number of aliphatic hydroxyl groups excluding tert-OH is 2. The molecule has 1 rings (SSSR count). The van der Waals surface area contributed by atoms with Crippen LogP contribution in [0.25, 0.3) is 0 Å². The lowest BCUT2D eigenvalue weighted by molar-refractivity contribution is 0.0765. The number of rotatable bonds is 4. The van der Waals surface area contributed by atoms with Gasteiger partial charge in [-0.3, -0.25) is 5.43 Å². The van der Waals surface area contributed by atoms with Crippen molar-refractivity contribution in [1.29, 1.82) is 0 Å². The summed E-state index contributed by atoms with van der Waals surface area (Å²) in [5.41, 5.74) is 3.56. The molecule has 76 valence electrons. The zero-order valence-corrected chi connectivity index (χ0v) is 7.96. The summed E-state index contributed by atoms with van der Waals surface area (Å²) in [6.45, 7) is 1.50. The van der Waals surface area contributed by atoms with Gasteiger partial charge in [0.05, 0.1) is 18.0 Å². The van der Waals surface area contributed by atoms with Crippen LogP contribution >= 0.6 is 0 Å². The maximum Gasteiger partial charge on any atom is 0.116 e. The van der Waals surface area contributed by atoms with Crippen LogP contribution in [0.5, 0.6) is 0 Å². The van der Waals surface area contributed by atoms with E-state index in [2.05, 4.69) is 10.5 Å². The number of hydrogen-bond acceptors (Lipinski definition) is 4. The minimum atomic E-state index is -0.939. The Bertz CT molecular complexity index is 285. The normalized spacial score (nSPS) is 15.4. The summed E-state index contributed by atoms with van der Waals surface area (Å²) >= 11 is 0. The Morgan fingerprint density at radius 3 is 2.50 bits per heavy atom. The van der Waals surface area contributed by atoms with E-state index in [-0.39, 0.29) is 0 Å². The predicted octanol–water partition coefficient (Wildman–Crippen LogP) is 0.826. The molecule has 0 radical (unpaired) electrons. The van der Waals surface area contributed by atoms with Crippen LogP contribution in [0.1, 0.15) is 6.92 Å². The monoisotopic (exact) mass is 194 g/mol. The maximum atomic E-state index is 9.17. The largest absolute Gasteiger partial charge is 0.390 e. The minimum Gasteiger partial charge on any atom is -0.390 e. The molecule has 1 aromatic carbocycles. The number of hydrazone groups is 1. The molecule has 1 aromatic rings. The SMILES string of the molecule is C[C@H](O)[C@@H](O)/C=N/Nc1ccccc1. The van der Waals surface area contributed by atoms with Gasteiger partial charge in [-0.05, 0) is 19.1 Å². The van der Waals surface area contributed by atoms with E-state index in [4.69, 9.17) is 10.2 Å². The molecule has 0 saturated heterocycles. The number of hydrogen-bond donors (Lipinski definition) is 3. The number of para-hydroxylation sites is 1. The Kier molecular flexibility index (Phi) is 4.10. The molecule has 14 heavy (non-hydrogen) atoms. The lowest BCUT2D eigenvalue weighted by Gasteiger charge is -2.07. The van der Waals surface area contributed by atoms with E-state index >= 15 is 0 Å². The summed E-state index contributed by atoms with van der Waals surface area (Å²) in [5.74, 6) is 0. The topological polar surface area (TPSA) is 64.8 Å². The third-order valence-electron chi connectivity index (χ3n) is 1.69. The Balaban J connectivity index is 2.41. The molecule has 0 aliphatic carbocycles. The van der Waals surface area contributed by atoms with Crippen molar-refractivity contribution in [1.82, 2.24) is 0 Å². The number of anilines is 1. The van der Waals surface area contributed by atoms with Crippen LogP contribution < -0.4 is 5.43 Å². The highest BCUT2D eigenvalue weighted by Crippen LogP contribution is 2.03. The van der Waals surface area contributed by atoms with E-state index in [1.165, 1.54) is 13.1 Å². The summed E-state index contributed by atoms with van der Waals surface area (Å²) < 4.78 is 0. The number of nitrogens with one attached hydrogen (secondary N) is 1. The van der Waals surface area contributed by atoms with Crippen LogP contribution in [0.15, 0.2) is 35.4 Å². The summed E-state index contributed by atoms with van der Waals surface area (Å²) in [5, 5.41) is 21.9. The Labute approximate surface area is 82.9 Å². The first-order valence-corrected chi connectivity index (χ1v) is 4.40. The summed E-state index contributed by atoms with van der Waals surface area (Å²) in [4.78, 5) is 0. The second kappa shape index (κ2) is 5.36. The van der Waals surface area contributed by atoms with Gasteiger partial charge >= 0.3 is 0 Å². The average molecular weight is 194 g/mol. The van der Waals surface area contributed by atoms with Gasteiger partial charge in [-0.15, -0.1) is 0 Å². The first-order valence-electron chi connectivity index (χ1n) is 4.40. The lowest BCUT2D eigenvalue weighted by Crippen LogP contribution is -2.24. The minimum absolute atomic E-state index is 0.809. The van der Waals surface area contributed by atoms with Gasteiger partial charge in [0.1, 0.15) is 6.10 Å². The molecule has 0 saturated carbocycles. The first kappa shape index (κ1) is 10.7. The maximum absolute atomic E-state index is 9.17. The highest BCUT2D eigenvalue weighted by molar-refractivity contribution is 5.64. The smallest absolute Gasteiger partial charge is 0.116 e. The van der Waals surface area contributed by atoms with Gasteiger partial charge in [0, 0.05) is 0 Å². The zero-order chi connectivity index (χ0) is 10.4. The highest BCUT2D eigenvalue weighted by atomic mass is 16.3.